The number of alkyl halides is 1. The van der Waals surface area contributed by atoms with Crippen LogP contribution in [-0.2, 0) is 14.3 Å². The van der Waals surface area contributed by atoms with Gasteiger partial charge >= 0.3 is 5.97 Å². The molecule has 2 fully saturated rings. The summed E-state index contributed by atoms with van der Waals surface area (Å²) in [6.07, 6.45) is 0.615. The van der Waals surface area contributed by atoms with Gasteiger partial charge in [-0.15, -0.1) is 0 Å². The molecule has 21 heavy (non-hydrogen) atoms. The number of nitrogens with zero attached hydrogens (tertiary/aromatic N) is 1. The molecule has 0 aromatic rings. The van der Waals surface area contributed by atoms with Crippen LogP contribution in [0.2, 0.25) is 0 Å². The largest absolute Gasteiger partial charge is 0.477 e. The molecule has 3 aliphatic rings. The molecule has 2 heterocycles. The lowest BCUT2D eigenvalue weighted by Crippen LogP contribution is -2.64. The predicted octanol–water partition coefficient (Wildman–Crippen LogP) is 0.311. The van der Waals surface area contributed by atoms with E-state index in [0.29, 0.717) is 12.0 Å². The maximum atomic E-state index is 12.7. The van der Waals surface area contributed by atoms with Crippen LogP contribution in [0.15, 0.2) is 11.3 Å². The first kappa shape index (κ1) is 14.5. The summed E-state index contributed by atoms with van der Waals surface area (Å²) in [6.45, 7) is -1.00. The molecule has 0 radical (unpaired) electrons. The average molecular weight is 299 g/mol. The Morgan fingerprint density at radius 2 is 2.24 bits per heavy atom. The van der Waals surface area contributed by atoms with Crippen molar-refractivity contribution in [1.82, 2.24) is 4.90 Å². The lowest BCUT2D eigenvalue weighted by Gasteiger charge is -2.47. The van der Waals surface area contributed by atoms with Crippen LogP contribution >= 0.6 is 0 Å². The Morgan fingerprint density at radius 3 is 2.81 bits per heavy atom. The van der Waals surface area contributed by atoms with Gasteiger partial charge in [0.2, 0.25) is 5.91 Å². The van der Waals surface area contributed by atoms with Gasteiger partial charge in [0, 0.05) is 13.0 Å². The number of aliphatic hydroxyl groups is 1. The van der Waals surface area contributed by atoms with E-state index in [2.05, 4.69) is 0 Å². The Morgan fingerprint density at radius 1 is 1.52 bits per heavy atom. The minimum absolute atomic E-state index is 0.0242. The first-order valence-electron chi connectivity index (χ1n) is 7.10. The zero-order valence-corrected chi connectivity index (χ0v) is 11.7. The van der Waals surface area contributed by atoms with Gasteiger partial charge in [-0.3, -0.25) is 4.79 Å². The number of rotatable bonds is 4. The summed E-state index contributed by atoms with van der Waals surface area (Å²) in [4.78, 5) is 24.9. The fourth-order valence-corrected chi connectivity index (χ4v) is 4.08. The summed E-state index contributed by atoms with van der Waals surface area (Å²) in [7, 11) is 1.52. The maximum Gasteiger partial charge on any atom is 0.352 e. The minimum atomic E-state index is -1.36. The number of aliphatic carboxylic acids is 1. The molecule has 1 aliphatic carbocycles. The third-order valence-corrected chi connectivity index (χ3v) is 4.90. The van der Waals surface area contributed by atoms with Gasteiger partial charge in [0.05, 0.1) is 24.2 Å². The number of amides is 1. The van der Waals surface area contributed by atoms with E-state index in [1.807, 2.05) is 0 Å². The lowest BCUT2D eigenvalue weighted by molar-refractivity contribution is -0.165. The highest BCUT2D eigenvalue weighted by molar-refractivity contribution is 6.00. The zero-order chi connectivity index (χ0) is 15.3. The molecule has 1 amide bonds. The Hall–Kier alpha value is -1.47. The Bertz CT molecular complexity index is 519. The number of carbonyl (C=O) groups excluding carboxylic acids is 1. The van der Waals surface area contributed by atoms with Crippen LogP contribution in [-0.4, -0.2) is 59.0 Å². The molecule has 1 unspecified atom stereocenters. The number of fused-ring (bicyclic) bond motifs is 3. The molecule has 0 bridgehead atoms. The van der Waals surface area contributed by atoms with Crippen molar-refractivity contribution >= 4 is 11.9 Å². The molecule has 3 rings (SSSR count). The number of methoxy groups -OCH3 is 1. The smallest absolute Gasteiger partial charge is 0.352 e. The number of halogens is 1. The average Bonchev–Trinajstić information content (AvgIpc) is 2.78. The molecule has 7 heteroatoms. The summed E-state index contributed by atoms with van der Waals surface area (Å²) in [5.41, 5.74) is 0.604. The zero-order valence-electron chi connectivity index (χ0n) is 11.7. The van der Waals surface area contributed by atoms with E-state index in [4.69, 9.17) is 4.74 Å². The Labute approximate surface area is 121 Å². The van der Waals surface area contributed by atoms with Gasteiger partial charge < -0.3 is 19.8 Å². The van der Waals surface area contributed by atoms with Crippen molar-refractivity contribution < 1.29 is 28.9 Å². The number of carbonyl (C=O) groups is 2. The lowest BCUT2D eigenvalue weighted by atomic mass is 9.71. The number of carboxylic acids is 1. The molecule has 2 aliphatic heterocycles. The molecular weight excluding hydrogens is 281 g/mol. The van der Waals surface area contributed by atoms with Crippen LogP contribution in [0.5, 0.6) is 0 Å². The predicted molar refractivity (Wildman–Crippen MR) is 68.9 cm³/mol. The monoisotopic (exact) mass is 299 g/mol. The fourth-order valence-electron chi connectivity index (χ4n) is 4.08. The fraction of sp³-hybridized carbons (Fsp3) is 0.714. The summed E-state index contributed by atoms with van der Waals surface area (Å²) in [5.74, 6) is -2.66. The van der Waals surface area contributed by atoms with Crippen LogP contribution in [0.3, 0.4) is 0 Å². The SMILES string of the molecule is CO[C@H]1CCC[C@H]2C1=C(C(=O)O)N1C(=O)[C@H](C(O)CF)[C@@H]21. The van der Waals surface area contributed by atoms with Crippen LogP contribution in [0, 0.1) is 11.8 Å². The molecule has 2 N–H and O–H groups in total. The van der Waals surface area contributed by atoms with E-state index in [9.17, 15) is 24.2 Å². The highest BCUT2D eigenvalue weighted by atomic mass is 19.1. The number of β-lactam (4-membered cyclic amide) rings is 1. The van der Waals surface area contributed by atoms with Gasteiger partial charge in [-0.05, 0) is 24.8 Å². The summed E-state index contributed by atoms with van der Waals surface area (Å²) < 4.78 is 18.1. The van der Waals surface area contributed by atoms with E-state index < -0.39 is 36.6 Å². The first-order chi connectivity index (χ1) is 10.0. The molecule has 5 atom stereocenters. The van der Waals surface area contributed by atoms with E-state index in [-0.39, 0.29) is 17.7 Å². The third-order valence-electron chi connectivity index (χ3n) is 4.90. The van der Waals surface area contributed by atoms with Crippen molar-refractivity contribution in [3.8, 4) is 0 Å². The molecule has 0 spiro atoms. The number of hydrogen-bond acceptors (Lipinski definition) is 4. The van der Waals surface area contributed by atoms with E-state index >= 15 is 0 Å². The van der Waals surface area contributed by atoms with E-state index in [1.165, 1.54) is 12.0 Å². The summed E-state index contributed by atoms with van der Waals surface area (Å²) in [5, 5.41) is 19.2. The van der Waals surface area contributed by atoms with Gasteiger partial charge in [0.25, 0.3) is 0 Å². The topological polar surface area (TPSA) is 87.1 Å². The van der Waals surface area contributed by atoms with Crippen molar-refractivity contribution in [3.05, 3.63) is 11.3 Å². The van der Waals surface area contributed by atoms with Crippen LogP contribution in [0.1, 0.15) is 19.3 Å². The molecule has 1 saturated carbocycles. The molecule has 6 nitrogen and oxygen atoms in total. The van der Waals surface area contributed by atoms with Gasteiger partial charge in [0.1, 0.15) is 12.4 Å². The van der Waals surface area contributed by atoms with Crippen LogP contribution in [0.25, 0.3) is 0 Å². The van der Waals surface area contributed by atoms with E-state index in [1.54, 1.807) is 0 Å². The van der Waals surface area contributed by atoms with Crippen molar-refractivity contribution in [2.24, 2.45) is 11.8 Å². The molecule has 1 saturated heterocycles. The minimum Gasteiger partial charge on any atom is -0.477 e. The highest BCUT2D eigenvalue weighted by Gasteiger charge is 2.62. The van der Waals surface area contributed by atoms with Crippen LogP contribution < -0.4 is 0 Å². The van der Waals surface area contributed by atoms with Gasteiger partial charge in [-0.2, -0.15) is 0 Å². The molecule has 0 aromatic heterocycles. The van der Waals surface area contributed by atoms with Crippen molar-refractivity contribution in [3.63, 3.8) is 0 Å². The van der Waals surface area contributed by atoms with Crippen molar-refractivity contribution in [2.75, 3.05) is 13.8 Å². The highest BCUT2D eigenvalue weighted by Crippen LogP contribution is 2.52. The second kappa shape index (κ2) is 5.06. The summed E-state index contributed by atoms with van der Waals surface area (Å²) >= 11 is 0. The standard InChI is InChI=1S/C14H18FNO5/c1-21-8-4-2-3-6-9(8)12(14(19)20)16-11(6)10(13(16)18)7(17)5-15/h6-8,10-11,17H,2-5H2,1H3,(H,19,20)/t6-,7?,8-,10+,11+/m0/s1. The number of ether oxygens (including phenoxy) is 1. The van der Waals surface area contributed by atoms with Gasteiger partial charge in [-0.25, -0.2) is 9.18 Å². The van der Waals surface area contributed by atoms with Crippen LogP contribution in [0.4, 0.5) is 4.39 Å². The Balaban J connectivity index is 2.01. The summed E-state index contributed by atoms with van der Waals surface area (Å²) in [6, 6.07) is -0.442. The maximum absolute atomic E-state index is 12.7. The van der Waals surface area contributed by atoms with Gasteiger partial charge in [-0.1, -0.05) is 0 Å². The second-order valence-corrected chi connectivity index (χ2v) is 5.82. The number of aliphatic hydroxyl groups excluding tert-OH is 1. The molecular formula is C14H18FNO5. The quantitative estimate of drug-likeness (QED) is 0.730. The molecule has 116 valence electrons. The van der Waals surface area contributed by atoms with Crippen molar-refractivity contribution in [1.29, 1.82) is 0 Å². The molecule has 0 aromatic carbocycles. The number of carboxylic acid groups (broad SMARTS) is 1. The first-order valence-corrected chi connectivity index (χ1v) is 7.10. The number of hydrogen-bond donors (Lipinski definition) is 2. The third kappa shape index (κ3) is 1.83. The van der Waals surface area contributed by atoms with Crippen molar-refractivity contribution in [2.45, 2.75) is 37.5 Å². The normalized spacial score (nSPS) is 36.1. The second-order valence-electron chi connectivity index (χ2n) is 5.82. The Kier molecular flexibility index (Phi) is 3.49. The van der Waals surface area contributed by atoms with Gasteiger partial charge in [0.15, 0.2) is 0 Å². The van der Waals surface area contributed by atoms with E-state index in [0.717, 1.165) is 12.8 Å².